The number of nitrogens with two attached hydrogens (primary N) is 1. The van der Waals surface area contributed by atoms with E-state index in [2.05, 4.69) is 5.32 Å². The van der Waals surface area contributed by atoms with Gasteiger partial charge in [-0.1, -0.05) is 17.8 Å². The van der Waals surface area contributed by atoms with Crippen LogP contribution in [0.25, 0.3) is 0 Å². The first-order valence-electron chi connectivity index (χ1n) is 7.16. The minimum Gasteiger partial charge on any atom is -0.327 e. The molecule has 0 radical (unpaired) electrons. The molecule has 3 rings (SSSR count). The minimum absolute atomic E-state index is 0. The van der Waals surface area contributed by atoms with Crippen LogP contribution >= 0.6 is 24.2 Å². The Kier molecular flexibility index (Phi) is 5.69. The second-order valence-corrected chi connectivity index (χ2v) is 6.90. The fourth-order valence-corrected chi connectivity index (χ4v) is 4.26. The molecule has 122 valence electrons. The van der Waals surface area contributed by atoms with Crippen molar-refractivity contribution < 1.29 is 13.6 Å². The number of benzene rings is 1. The molecule has 1 amide bonds. The molecule has 2 saturated carbocycles. The highest BCUT2D eigenvalue weighted by Gasteiger charge is 2.49. The maximum Gasteiger partial charge on any atom is 0.288 e. The molecule has 2 fully saturated rings. The molecular weight excluding hydrogens is 330 g/mol. The summed E-state index contributed by atoms with van der Waals surface area (Å²) >= 11 is 0.475. The van der Waals surface area contributed by atoms with Crippen LogP contribution in [0.1, 0.15) is 19.3 Å². The zero-order valence-electron chi connectivity index (χ0n) is 11.9. The Bertz CT molecular complexity index is 544. The summed E-state index contributed by atoms with van der Waals surface area (Å²) in [5.41, 5.74) is 6.71. The summed E-state index contributed by atoms with van der Waals surface area (Å²) in [6.07, 6.45) is 3.23. The molecule has 7 heteroatoms. The molecule has 3 nitrogen and oxygen atoms in total. The van der Waals surface area contributed by atoms with E-state index in [4.69, 9.17) is 5.73 Å². The van der Waals surface area contributed by atoms with E-state index in [1.165, 1.54) is 0 Å². The zero-order chi connectivity index (χ0) is 15.0. The Morgan fingerprint density at radius 3 is 2.68 bits per heavy atom. The fourth-order valence-electron chi connectivity index (χ4n) is 3.70. The molecule has 1 aromatic carbocycles. The van der Waals surface area contributed by atoms with Gasteiger partial charge in [-0.15, -0.1) is 12.4 Å². The lowest BCUT2D eigenvalue weighted by Gasteiger charge is -2.27. The third-order valence-corrected chi connectivity index (χ3v) is 5.31. The third-order valence-electron chi connectivity index (χ3n) is 4.61. The molecule has 1 aromatic rings. The second kappa shape index (κ2) is 7.15. The molecule has 0 aromatic heterocycles. The van der Waals surface area contributed by atoms with Crippen molar-refractivity contribution in [3.8, 4) is 0 Å². The van der Waals surface area contributed by atoms with Gasteiger partial charge in [-0.05, 0) is 49.3 Å². The van der Waals surface area contributed by atoms with E-state index in [-0.39, 0.29) is 30.3 Å². The number of anilines is 1. The molecule has 0 aliphatic heterocycles. The number of hydrogen-bond acceptors (Lipinski definition) is 3. The number of thioether (sulfide) groups is 1. The normalized spacial score (nSPS) is 29.5. The Morgan fingerprint density at radius 2 is 2.05 bits per heavy atom. The molecular formula is C15H19ClF2N2OS. The highest BCUT2D eigenvalue weighted by Crippen LogP contribution is 2.47. The molecule has 3 N–H and O–H groups in total. The van der Waals surface area contributed by atoms with Crippen molar-refractivity contribution in [1.29, 1.82) is 0 Å². The molecule has 4 atom stereocenters. The largest absolute Gasteiger partial charge is 0.327 e. The lowest BCUT2D eigenvalue weighted by Crippen LogP contribution is -2.42. The maximum absolute atomic E-state index is 12.4. The summed E-state index contributed by atoms with van der Waals surface area (Å²) in [7, 11) is 0. The smallest absolute Gasteiger partial charge is 0.288 e. The van der Waals surface area contributed by atoms with Crippen LogP contribution in [0.3, 0.4) is 0 Å². The number of carbonyl (C=O) groups excluding carboxylic acids is 1. The summed E-state index contributed by atoms with van der Waals surface area (Å²) < 4.78 is 24.7. The number of alkyl halides is 2. The Hall–Kier alpha value is -0.850. The average molecular weight is 349 g/mol. The van der Waals surface area contributed by atoms with E-state index in [9.17, 15) is 13.6 Å². The van der Waals surface area contributed by atoms with Gasteiger partial charge >= 0.3 is 0 Å². The number of halogens is 3. The SMILES string of the molecule is Cl.NC1C2CCC(C2)C1C(=O)Nc1cccc(SC(F)F)c1. The van der Waals surface area contributed by atoms with E-state index >= 15 is 0 Å². The Morgan fingerprint density at radius 1 is 1.32 bits per heavy atom. The average Bonchev–Trinajstić information content (AvgIpc) is 2.98. The molecule has 2 bridgehead atoms. The molecule has 4 unspecified atom stereocenters. The first-order chi connectivity index (χ1) is 10.0. The summed E-state index contributed by atoms with van der Waals surface area (Å²) in [6.45, 7) is 0. The van der Waals surface area contributed by atoms with Crippen molar-refractivity contribution in [3.05, 3.63) is 24.3 Å². The quantitative estimate of drug-likeness (QED) is 0.815. The zero-order valence-corrected chi connectivity index (χ0v) is 13.5. The highest BCUT2D eigenvalue weighted by molar-refractivity contribution is 7.99. The molecule has 2 aliphatic carbocycles. The van der Waals surface area contributed by atoms with Gasteiger partial charge in [-0.3, -0.25) is 4.79 Å². The summed E-state index contributed by atoms with van der Waals surface area (Å²) in [5, 5.41) is 2.84. The van der Waals surface area contributed by atoms with Crippen LogP contribution in [0.15, 0.2) is 29.2 Å². The maximum atomic E-state index is 12.4. The Balaban J connectivity index is 0.00000176. The standard InChI is InChI=1S/C15H18F2N2OS.ClH/c16-15(17)21-11-3-1-2-10(7-11)19-14(20)12-8-4-5-9(6-8)13(12)18;/h1-3,7-9,12-13,15H,4-6,18H2,(H,19,20);1H. The van der Waals surface area contributed by atoms with Crippen molar-refractivity contribution in [3.63, 3.8) is 0 Å². The van der Waals surface area contributed by atoms with Crippen LogP contribution in [0, 0.1) is 17.8 Å². The van der Waals surface area contributed by atoms with E-state index in [1.54, 1.807) is 24.3 Å². The van der Waals surface area contributed by atoms with E-state index < -0.39 is 5.76 Å². The monoisotopic (exact) mass is 348 g/mol. The van der Waals surface area contributed by atoms with Crippen LogP contribution in [0.5, 0.6) is 0 Å². The lowest BCUT2D eigenvalue weighted by molar-refractivity contribution is -0.121. The van der Waals surface area contributed by atoms with Crippen molar-refractivity contribution in [1.82, 2.24) is 0 Å². The molecule has 0 heterocycles. The van der Waals surface area contributed by atoms with Crippen LogP contribution in [-0.4, -0.2) is 17.7 Å². The second-order valence-electron chi connectivity index (χ2n) is 5.83. The first-order valence-corrected chi connectivity index (χ1v) is 8.04. The summed E-state index contributed by atoms with van der Waals surface area (Å²) in [6, 6.07) is 6.50. The van der Waals surface area contributed by atoms with Gasteiger partial charge in [0.2, 0.25) is 5.91 Å². The van der Waals surface area contributed by atoms with Gasteiger partial charge in [-0.2, -0.15) is 8.78 Å². The fraction of sp³-hybridized carbons (Fsp3) is 0.533. The van der Waals surface area contributed by atoms with Crippen LogP contribution in [-0.2, 0) is 4.79 Å². The number of hydrogen-bond donors (Lipinski definition) is 2. The lowest BCUT2D eigenvalue weighted by atomic mass is 9.84. The van der Waals surface area contributed by atoms with Crippen molar-refractivity contribution in [2.45, 2.75) is 36.0 Å². The number of rotatable bonds is 4. The van der Waals surface area contributed by atoms with E-state index in [1.807, 2.05) is 0 Å². The first kappa shape index (κ1) is 17.5. The van der Waals surface area contributed by atoms with Gasteiger partial charge in [0.15, 0.2) is 0 Å². The number of amides is 1. The predicted octanol–water partition coefficient (Wildman–Crippen LogP) is 3.74. The highest BCUT2D eigenvalue weighted by atomic mass is 35.5. The minimum atomic E-state index is -2.46. The van der Waals surface area contributed by atoms with Gasteiger partial charge in [0.05, 0.1) is 5.92 Å². The third kappa shape index (κ3) is 3.55. The molecule has 0 spiro atoms. The van der Waals surface area contributed by atoms with Crippen molar-refractivity contribution in [2.75, 3.05) is 5.32 Å². The predicted molar refractivity (Wildman–Crippen MR) is 86.5 cm³/mol. The van der Waals surface area contributed by atoms with Gasteiger partial charge < -0.3 is 11.1 Å². The van der Waals surface area contributed by atoms with Crippen LogP contribution in [0.4, 0.5) is 14.5 Å². The summed E-state index contributed by atoms with van der Waals surface area (Å²) in [4.78, 5) is 12.8. The molecule has 2 aliphatic rings. The van der Waals surface area contributed by atoms with Gasteiger partial charge in [-0.25, -0.2) is 0 Å². The van der Waals surface area contributed by atoms with Crippen LogP contribution in [0.2, 0.25) is 0 Å². The van der Waals surface area contributed by atoms with Gasteiger partial charge in [0.25, 0.3) is 5.76 Å². The van der Waals surface area contributed by atoms with Gasteiger partial charge in [0, 0.05) is 16.6 Å². The number of nitrogens with one attached hydrogen (secondary N) is 1. The van der Waals surface area contributed by atoms with E-state index in [0.717, 1.165) is 19.3 Å². The molecule has 0 saturated heterocycles. The topological polar surface area (TPSA) is 55.1 Å². The van der Waals surface area contributed by atoms with Gasteiger partial charge in [0.1, 0.15) is 0 Å². The molecule has 22 heavy (non-hydrogen) atoms. The number of carbonyl (C=O) groups is 1. The van der Waals surface area contributed by atoms with Crippen molar-refractivity contribution >= 4 is 35.8 Å². The number of fused-ring (bicyclic) bond motifs is 2. The van der Waals surface area contributed by atoms with E-state index in [0.29, 0.717) is 34.2 Å². The summed E-state index contributed by atoms with van der Waals surface area (Å²) in [5.74, 6) is -1.84. The van der Waals surface area contributed by atoms with Crippen LogP contribution < -0.4 is 11.1 Å². The van der Waals surface area contributed by atoms with Crippen molar-refractivity contribution in [2.24, 2.45) is 23.5 Å². The Labute approximate surface area is 138 Å².